The minimum absolute atomic E-state index is 0.0633. The smallest absolute Gasteiger partial charge is 0.303 e. The fourth-order valence-corrected chi connectivity index (χ4v) is 3.90. The summed E-state index contributed by atoms with van der Waals surface area (Å²) in [5.74, 6) is 0.606. The van der Waals surface area contributed by atoms with Crippen LogP contribution in [0.5, 0.6) is 17.2 Å². The van der Waals surface area contributed by atoms with Crippen molar-refractivity contribution in [3.8, 4) is 28.4 Å². The Morgan fingerprint density at radius 3 is 2.51 bits per heavy atom. The molecule has 1 unspecified atom stereocenters. The van der Waals surface area contributed by atoms with Gasteiger partial charge in [0.1, 0.15) is 29.7 Å². The van der Waals surface area contributed by atoms with E-state index in [1.165, 1.54) is 6.07 Å². The first kappa shape index (κ1) is 26.1. The van der Waals surface area contributed by atoms with E-state index in [2.05, 4.69) is 6.92 Å². The van der Waals surface area contributed by atoms with E-state index in [9.17, 15) is 14.3 Å². The van der Waals surface area contributed by atoms with E-state index in [1.807, 2.05) is 49.4 Å². The van der Waals surface area contributed by atoms with Gasteiger partial charge in [-0.25, -0.2) is 4.39 Å². The molecule has 0 bridgehead atoms. The lowest BCUT2D eigenvalue weighted by atomic mass is 9.93. The number of hydrogen-bond acceptors (Lipinski definition) is 4. The average molecular weight is 481 g/mol. The summed E-state index contributed by atoms with van der Waals surface area (Å²) in [6, 6.07) is 17.8. The van der Waals surface area contributed by atoms with Gasteiger partial charge in [-0.2, -0.15) is 0 Å². The molecule has 0 saturated carbocycles. The number of benzene rings is 3. The molecule has 3 rings (SSSR count). The number of methoxy groups -OCH3 is 1. The Morgan fingerprint density at radius 2 is 1.80 bits per heavy atom. The summed E-state index contributed by atoms with van der Waals surface area (Å²) >= 11 is 0. The van der Waals surface area contributed by atoms with Crippen LogP contribution in [-0.4, -0.2) is 24.8 Å². The van der Waals surface area contributed by atoms with E-state index in [0.29, 0.717) is 41.6 Å². The maximum absolute atomic E-state index is 14.7. The van der Waals surface area contributed by atoms with Crippen LogP contribution >= 0.6 is 0 Å². The zero-order valence-corrected chi connectivity index (χ0v) is 20.6. The van der Waals surface area contributed by atoms with Crippen molar-refractivity contribution in [2.24, 2.45) is 0 Å². The SMILES string of the molecule is CCCCOc1cc(COc2cccc(C(CC)CC(=O)O)c2)ccc1-c1cc(OC)ccc1F. The second-order valence-corrected chi connectivity index (χ2v) is 8.44. The predicted molar refractivity (Wildman–Crippen MR) is 135 cm³/mol. The molecule has 0 spiro atoms. The predicted octanol–water partition coefficient (Wildman–Crippen LogP) is 7.23. The van der Waals surface area contributed by atoms with Gasteiger partial charge in [-0.05, 0) is 66.3 Å². The summed E-state index contributed by atoms with van der Waals surface area (Å²) in [6.45, 7) is 4.89. The number of unbranched alkanes of at least 4 members (excludes halogenated alkanes) is 1. The van der Waals surface area contributed by atoms with Crippen LogP contribution in [0.15, 0.2) is 60.7 Å². The molecule has 5 nitrogen and oxygen atoms in total. The molecule has 186 valence electrons. The topological polar surface area (TPSA) is 65.0 Å². The molecular formula is C29H33FO5. The lowest BCUT2D eigenvalue weighted by Gasteiger charge is -2.16. The maximum Gasteiger partial charge on any atom is 0.303 e. The van der Waals surface area contributed by atoms with Crippen LogP contribution in [0, 0.1) is 5.82 Å². The number of halogens is 1. The van der Waals surface area contributed by atoms with Gasteiger partial charge in [-0.15, -0.1) is 0 Å². The third-order valence-corrected chi connectivity index (χ3v) is 5.91. The van der Waals surface area contributed by atoms with Crippen molar-refractivity contribution in [3.63, 3.8) is 0 Å². The molecule has 0 aliphatic heterocycles. The number of hydrogen-bond donors (Lipinski definition) is 1. The van der Waals surface area contributed by atoms with Crippen molar-refractivity contribution in [2.45, 2.75) is 52.1 Å². The maximum atomic E-state index is 14.7. The zero-order valence-electron chi connectivity index (χ0n) is 20.6. The molecule has 0 aliphatic rings. The van der Waals surface area contributed by atoms with Crippen molar-refractivity contribution in [1.82, 2.24) is 0 Å². The van der Waals surface area contributed by atoms with Crippen LogP contribution in [0.3, 0.4) is 0 Å². The summed E-state index contributed by atoms with van der Waals surface area (Å²) in [6.07, 6.45) is 2.70. The molecule has 6 heteroatoms. The summed E-state index contributed by atoms with van der Waals surface area (Å²) in [5, 5.41) is 9.18. The van der Waals surface area contributed by atoms with Gasteiger partial charge in [0.25, 0.3) is 0 Å². The van der Waals surface area contributed by atoms with E-state index in [1.54, 1.807) is 19.2 Å². The third kappa shape index (κ3) is 7.22. The summed E-state index contributed by atoms with van der Waals surface area (Å²) in [5.41, 5.74) is 2.90. The molecule has 1 N–H and O–H groups in total. The van der Waals surface area contributed by atoms with Gasteiger partial charge in [0, 0.05) is 11.1 Å². The normalized spacial score (nSPS) is 11.7. The molecule has 35 heavy (non-hydrogen) atoms. The van der Waals surface area contributed by atoms with Crippen LogP contribution in [0.25, 0.3) is 11.1 Å². The van der Waals surface area contributed by atoms with Crippen LogP contribution < -0.4 is 14.2 Å². The molecule has 0 aromatic heterocycles. The lowest BCUT2D eigenvalue weighted by Crippen LogP contribution is -2.06. The van der Waals surface area contributed by atoms with Crippen LogP contribution in [0.2, 0.25) is 0 Å². The van der Waals surface area contributed by atoms with E-state index >= 15 is 0 Å². The van der Waals surface area contributed by atoms with Crippen molar-refractivity contribution in [1.29, 1.82) is 0 Å². The minimum atomic E-state index is -0.814. The lowest BCUT2D eigenvalue weighted by molar-refractivity contribution is -0.137. The van der Waals surface area contributed by atoms with Gasteiger partial charge in [0.15, 0.2) is 0 Å². The highest BCUT2D eigenvalue weighted by Gasteiger charge is 2.16. The Hall–Kier alpha value is -3.54. The van der Waals surface area contributed by atoms with Crippen molar-refractivity contribution in [2.75, 3.05) is 13.7 Å². The molecule has 0 fully saturated rings. The summed E-state index contributed by atoms with van der Waals surface area (Å²) in [7, 11) is 1.55. The van der Waals surface area contributed by atoms with Gasteiger partial charge in [0.05, 0.1) is 20.1 Å². The van der Waals surface area contributed by atoms with Gasteiger partial charge in [-0.1, -0.05) is 44.5 Å². The molecule has 0 saturated heterocycles. The highest BCUT2D eigenvalue weighted by Crippen LogP contribution is 2.35. The van der Waals surface area contributed by atoms with Crippen molar-refractivity contribution < 1.29 is 28.5 Å². The highest BCUT2D eigenvalue weighted by atomic mass is 19.1. The second-order valence-electron chi connectivity index (χ2n) is 8.44. The number of ether oxygens (including phenoxy) is 3. The molecule has 0 amide bonds. The number of rotatable bonds is 13. The van der Waals surface area contributed by atoms with E-state index in [-0.39, 0.29) is 18.2 Å². The zero-order chi connectivity index (χ0) is 25.2. The van der Waals surface area contributed by atoms with Gasteiger partial charge >= 0.3 is 5.97 Å². The first-order chi connectivity index (χ1) is 16.9. The van der Waals surface area contributed by atoms with Crippen LogP contribution in [0.4, 0.5) is 4.39 Å². The largest absolute Gasteiger partial charge is 0.497 e. The molecule has 3 aromatic carbocycles. The fourth-order valence-electron chi connectivity index (χ4n) is 3.90. The third-order valence-electron chi connectivity index (χ3n) is 5.91. The highest BCUT2D eigenvalue weighted by molar-refractivity contribution is 5.72. The van der Waals surface area contributed by atoms with E-state index in [0.717, 1.165) is 30.4 Å². The number of carbonyl (C=O) groups is 1. The fraction of sp³-hybridized carbons (Fsp3) is 0.345. The van der Waals surface area contributed by atoms with Gasteiger partial charge in [-0.3, -0.25) is 4.79 Å². The Bertz CT molecular complexity index is 1130. The number of carboxylic acids is 1. The minimum Gasteiger partial charge on any atom is -0.497 e. The molecule has 0 radical (unpaired) electrons. The number of aliphatic carboxylic acids is 1. The van der Waals surface area contributed by atoms with Crippen molar-refractivity contribution >= 4 is 5.97 Å². The quantitative estimate of drug-likeness (QED) is 0.262. The first-order valence-corrected chi connectivity index (χ1v) is 12.0. The molecule has 0 aliphatic carbocycles. The first-order valence-electron chi connectivity index (χ1n) is 12.0. The molecular weight excluding hydrogens is 447 g/mol. The average Bonchev–Trinajstić information content (AvgIpc) is 2.87. The molecule has 3 aromatic rings. The van der Waals surface area contributed by atoms with Crippen LogP contribution in [0.1, 0.15) is 56.6 Å². The summed E-state index contributed by atoms with van der Waals surface area (Å²) in [4.78, 5) is 11.2. The molecule has 0 heterocycles. The van der Waals surface area contributed by atoms with E-state index < -0.39 is 5.97 Å². The Labute approximate surface area is 206 Å². The Kier molecular flexibility index (Phi) is 9.53. The van der Waals surface area contributed by atoms with Crippen molar-refractivity contribution in [3.05, 3.63) is 77.6 Å². The molecule has 1 atom stereocenters. The Morgan fingerprint density at radius 1 is 0.971 bits per heavy atom. The second kappa shape index (κ2) is 12.8. The van der Waals surface area contributed by atoms with E-state index in [4.69, 9.17) is 14.2 Å². The summed E-state index contributed by atoms with van der Waals surface area (Å²) < 4.78 is 32.0. The van der Waals surface area contributed by atoms with Gasteiger partial charge < -0.3 is 19.3 Å². The standard InChI is InChI=1S/C29H33FO5/c1-4-6-14-34-28-15-20(10-12-25(28)26-18-23(33-3)11-13-27(26)30)19-35-24-9-7-8-22(16-24)21(5-2)17-29(31)32/h7-13,15-16,18,21H,4-6,14,17,19H2,1-3H3,(H,31,32). The van der Waals surface area contributed by atoms with Gasteiger partial charge in [0.2, 0.25) is 0 Å². The number of carboxylic acid groups (broad SMARTS) is 1. The Balaban J connectivity index is 1.83. The monoisotopic (exact) mass is 480 g/mol. The van der Waals surface area contributed by atoms with Crippen LogP contribution in [-0.2, 0) is 11.4 Å².